The minimum absolute atomic E-state index is 0.767. The number of piperazine rings is 1. The Morgan fingerprint density at radius 2 is 1.88 bits per heavy atom. The Kier molecular flexibility index (Phi) is 7.01. The third kappa shape index (κ3) is 4.61. The fraction of sp³-hybridized carbons (Fsp3) is 0.522. The van der Waals surface area contributed by atoms with E-state index < -0.39 is 0 Å². The monoisotopic (exact) mass is 456 g/mol. The third-order valence-electron chi connectivity index (χ3n) is 6.36. The van der Waals surface area contributed by atoms with Gasteiger partial charge in [0.15, 0.2) is 5.65 Å². The molecular weight excluding hydrogens is 424 g/mol. The molecule has 0 saturated carbocycles. The second kappa shape index (κ2) is 9.92. The molecule has 1 aromatic carbocycles. The SMILES string of the molecule is CCc1n[nH]c2ncnc(N3CCN(c4cc(Cl)cc(NCCN(C)CC)c4C)CC3)c12. The van der Waals surface area contributed by atoms with E-state index in [1.807, 2.05) is 6.07 Å². The normalized spacial score (nSPS) is 14.6. The molecule has 0 unspecified atom stereocenters. The lowest BCUT2D eigenvalue weighted by atomic mass is 10.1. The first-order chi connectivity index (χ1) is 15.5. The molecule has 0 bridgehead atoms. The summed E-state index contributed by atoms with van der Waals surface area (Å²) in [5.41, 5.74) is 5.39. The van der Waals surface area contributed by atoms with Gasteiger partial charge in [0, 0.05) is 55.7 Å². The van der Waals surface area contributed by atoms with Gasteiger partial charge >= 0.3 is 0 Å². The van der Waals surface area contributed by atoms with Gasteiger partial charge < -0.3 is 20.0 Å². The highest BCUT2D eigenvalue weighted by Gasteiger charge is 2.24. The molecule has 1 aliphatic heterocycles. The van der Waals surface area contributed by atoms with Gasteiger partial charge in [0.05, 0.1) is 11.1 Å². The van der Waals surface area contributed by atoms with Crippen LogP contribution < -0.4 is 15.1 Å². The van der Waals surface area contributed by atoms with E-state index in [2.05, 4.69) is 74.1 Å². The summed E-state index contributed by atoms with van der Waals surface area (Å²) in [7, 11) is 2.13. The molecule has 1 saturated heterocycles. The van der Waals surface area contributed by atoms with Crippen molar-refractivity contribution in [2.45, 2.75) is 27.2 Å². The van der Waals surface area contributed by atoms with E-state index in [0.717, 1.165) is 85.5 Å². The van der Waals surface area contributed by atoms with Gasteiger partial charge in [-0.05, 0) is 44.6 Å². The van der Waals surface area contributed by atoms with Gasteiger partial charge in [-0.15, -0.1) is 0 Å². The number of likely N-dealkylation sites (N-methyl/N-ethyl adjacent to an activating group) is 1. The number of H-pyrrole nitrogens is 1. The van der Waals surface area contributed by atoms with Gasteiger partial charge in [0.2, 0.25) is 0 Å². The van der Waals surface area contributed by atoms with Gasteiger partial charge in [-0.25, -0.2) is 9.97 Å². The van der Waals surface area contributed by atoms with E-state index >= 15 is 0 Å². The number of nitrogens with zero attached hydrogens (tertiary/aromatic N) is 6. The topological polar surface area (TPSA) is 76.2 Å². The van der Waals surface area contributed by atoms with Crippen molar-refractivity contribution in [2.24, 2.45) is 0 Å². The van der Waals surface area contributed by atoms with Crippen molar-refractivity contribution >= 4 is 39.8 Å². The van der Waals surface area contributed by atoms with E-state index in [-0.39, 0.29) is 0 Å². The molecule has 32 heavy (non-hydrogen) atoms. The maximum atomic E-state index is 6.51. The smallest absolute Gasteiger partial charge is 0.160 e. The van der Waals surface area contributed by atoms with Crippen molar-refractivity contribution in [3.05, 3.63) is 34.7 Å². The van der Waals surface area contributed by atoms with Crippen LogP contribution in [0, 0.1) is 6.92 Å². The molecule has 8 nitrogen and oxygen atoms in total. The van der Waals surface area contributed by atoms with E-state index in [1.165, 1.54) is 11.3 Å². The van der Waals surface area contributed by atoms with Crippen LogP contribution in [0.1, 0.15) is 25.1 Å². The largest absolute Gasteiger partial charge is 0.383 e. The highest BCUT2D eigenvalue weighted by Crippen LogP contribution is 2.33. The molecule has 9 heteroatoms. The van der Waals surface area contributed by atoms with E-state index in [4.69, 9.17) is 11.6 Å². The lowest BCUT2D eigenvalue weighted by Crippen LogP contribution is -2.47. The van der Waals surface area contributed by atoms with Gasteiger partial charge in [-0.1, -0.05) is 25.4 Å². The number of fused-ring (bicyclic) bond motifs is 1. The van der Waals surface area contributed by atoms with Crippen LogP contribution in [0.25, 0.3) is 11.0 Å². The highest BCUT2D eigenvalue weighted by molar-refractivity contribution is 6.31. The summed E-state index contributed by atoms with van der Waals surface area (Å²) in [5, 5.41) is 12.8. The number of rotatable bonds is 8. The number of aromatic nitrogens is 4. The van der Waals surface area contributed by atoms with Crippen LogP contribution >= 0.6 is 11.6 Å². The first-order valence-corrected chi connectivity index (χ1v) is 11.8. The van der Waals surface area contributed by atoms with Crippen LogP contribution in [0.5, 0.6) is 0 Å². The summed E-state index contributed by atoms with van der Waals surface area (Å²) in [5.74, 6) is 0.977. The van der Waals surface area contributed by atoms with Crippen LogP contribution in [0.2, 0.25) is 5.02 Å². The number of halogens is 1. The molecule has 0 amide bonds. The summed E-state index contributed by atoms with van der Waals surface area (Å²) < 4.78 is 0. The Balaban J connectivity index is 1.48. The molecule has 1 aliphatic rings. The lowest BCUT2D eigenvalue weighted by Gasteiger charge is -2.38. The summed E-state index contributed by atoms with van der Waals surface area (Å²) in [4.78, 5) is 16.0. The fourth-order valence-electron chi connectivity index (χ4n) is 4.27. The molecule has 0 spiro atoms. The van der Waals surface area contributed by atoms with Crippen molar-refractivity contribution in [2.75, 3.05) is 68.0 Å². The average Bonchev–Trinajstić information content (AvgIpc) is 3.24. The Bertz CT molecular complexity index is 1060. The zero-order chi connectivity index (χ0) is 22.7. The molecule has 172 valence electrons. The average molecular weight is 457 g/mol. The minimum Gasteiger partial charge on any atom is -0.383 e. The second-order valence-corrected chi connectivity index (χ2v) is 8.78. The highest BCUT2D eigenvalue weighted by atomic mass is 35.5. The number of aryl methyl sites for hydroxylation is 1. The number of anilines is 3. The van der Waals surface area contributed by atoms with Crippen LogP contribution in [0.15, 0.2) is 18.5 Å². The number of nitrogens with one attached hydrogen (secondary N) is 2. The molecule has 0 aliphatic carbocycles. The molecule has 1 fully saturated rings. The minimum atomic E-state index is 0.767. The third-order valence-corrected chi connectivity index (χ3v) is 6.58. The Morgan fingerprint density at radius 1 is 1.12 bits per heavy atom. The first-order valence-electron chi connectivity index (χ1n) is 11.4. The lowest BCUT2D eigenvalue weighted by molar-refractivity contribution is 0.367. The maximum Gasteiger partial charge on any atom is 0.160 e. The summed E-state index contributed by atoms with van der Waals surface area (Å²) >= 11 is 6.51. The molecule has 0 radical (unpaired) electrons. The molecule has 0 atom stereocenters. The van der Waals surface area contributed by atoms with Crippen LogP contribution in [-0.2, 0) is 6.42 Å². The molecule has 3 aromatic rings. The first kappa shape index (κ1) is 22.6. The number of aromatic amines is 1. The maximum absolute atomic E-state index is 6.51. The second-order valence-electron chi connectivity index (χ2n) is 8.34. The number of hydrogen-bond donors (Lipinski definition) is 2. The van der Waals surface area contributed by atoms with Crippen molar-refractivity contribution < 1.29 is 0 Å². The Hall–Kier alpha value is -2.58. The molecular formula is C23H33ClN8. The van der Waals surface area contributed by atoms with Crippen molar-refractivity contribution in [3.8, 4) is 0 Å². The van der Waals surface area contributed by atoms with Gasteiger partial charge in [0.25, 0.3) is 0 Å². The quantitative estimate of drug-likeness (QED) is 0.536. The van der Waals surface area contributed by atoms with E-state index in [1.54, 1.807) is 6.33 Å². The standard InChI is InChI=1S/C23H33ClN8/c1-5-18-21-22(29-28-18)26-15-27-23(21)32-11-9-31(10-12-32)20-14-17(24)13-19(16(20)3)25-7-8-30(4)6-2/h13-15,25H,5-12H2,1-4H3,(H,26,27,28,29). The molecule has 2 N–H and O–H groups in total. The zero-order valence-electron chi connectivity index (χ0n) is 19.5. The summed E-state index contributed by atoms with van der Waals surface area (Å²) in [6.45, 7) is 13.0. The van der Waals surface area contributed by atoms with Crippen molar-refractivity contribution in [3.63, 3.8) is 0 Å². The zero-order valence-corrected chi connectivity index (χ0v) is 20.2. The molecule has 4 rings (SSSR count). The van der Waals surface area contributed by atoms with Gasteiger partial charge in [0.1, 0.15) is 12.1 Å². The summed E-state index contributed by atoms with van der Waals surface area (Å²) in [6.07, 6.45) is 2.47. The van der Waals surface area contributed by atoms with Crippen molar-refractivity contribution in [1.29, 1.82) is 0 Å². The van der Waals surface area contributed by atoms with Crippen LogP contribution in [0.4, 0.5) is 17.2 Å². The molecule has 2 aromatic heterocycles. The van der Waals surface area contributed by atoms with Gasteiger partial charge in [-0.3, -0.25) is 5.10 Å². The molecule has 3 heterocycles. The fourth-order valence-corrected chi connectivity index (χ4v) is 4.49. The van der Waals surface area contributed by atoms with E-state index in [9.17, 15) is 0 Å². The van der Waals surface area contributed by atoms with Crippen molar-refractivity contribution in [1.82, 2.24) is 25.1 Å². The number of hydrogen-bond acceptors (Lipinski definition) is 7. The predicted octanol–water partition coefficient (Wildman–Crippen LogP) is 3.57. The summed E-state index contributed by atoms with van der Waals surface area (Å²) in [6, 6.07) is 4.12. The van der Waals surface area contributed by atoms with Gasteiger partial charge in [-0.2, -0.15) is 5.10 Å². The Morgan fingerprint density at radius 3 is 2.59 bits per heavy atom. The predicted molar refractivity (Wildman–Crippen MR) is 133 cm³/mol. The van der Waals surface area contributed by atoms with Crippen LogP contribution in [-0.4, -0.2) is 77.9 Å². The van der Waals surface area contributed by atoms with Crippen LogP contribution in [0.3, 0.4) is 0 Å². The number of benzene rings is 1. The Labute approximate surface area is 195 Å². The van der Waals surface area contributed by atoms with E-state index in [0.29, 0.717) is 0 Å².